The Kier molecular flexibility index (Phi) is 3.78. The van der Waals surface area contributed by atoms with E-state index in [-0.39, 0.29) is 0 Å². The zero-order chi connectivity index (χ0) is 11.4. The fourth-order valence-electron chi connectivity index (χ4n) is 2.17. The van der Waals surface area contributed by atoms with Crippen molar-refractivity contribution in [2.45, 2.75) is 38.7 Å². The molecule has 0 unspecified atom stereocenters. The van der Waals surface area contributed by atoms with Gasteiger partial charge in [0.2, 0.25) is 0 Å². The van der Waals surface area contributed by atoms with Crippen molar-refractivity contribution in [1.29, 1.82) is 0 Å². The highest BCUT2D eigenvalue weighted by molar-refractivity contribution is 5.41. The lowest BCUT2D eigenvalue weighted by Gasteiger charge is -2.22. The Hall–Kier alpha value is -1.09. The number of pyridine rings is 1. The van der Waals surface area contributed by atoms with Gasteiger partial charge in [0, 0.05) is 19.3 Å². The van der Waals surface area contributed by atoms with Crippen LogP contribution < -0.4 is 4.90 Å². The Labute approximate surface area is 97.1 Å². The average Bonchev–Trinajstić information content (AvgIpc) is 2.57. The molecule has 1 aliphatic rings. The van der Waals surface area contributed by atoms with E-state index in [1.54, 1.807) is 13.1 Å². The van der Waals surface area contributed by atoms with E-state index in [0.717, 1.165) is 24.5 Å². The van der Waals surface area contributed by atoms with Crippen LogP contribution in [0.4, 0.5) is 5.82 Å². The Morgan fingerprint density at radius 1 is 1.25 bits per heavy atom. The minimum Gasteiger partial charge on any atom is -0.389 e. The molecule has 16 heavy (non-hydrogen) atoms. The van der Waals surface area contributed by atoms with Crippen molar-refractivity contribution in [3.05, 3.63) is 23.9 Å². The van der Waals surface area contributed by atoms with E-state index in [9.17, 15) is 5.11 Å². The highest BCUT2D eigenvalue weighted by Crippen LogP contribution is 2.20. The highest BCUT2D eigenvalue weighted by atomic mass is 16.3. The molecule has 1 atom stereocenters. The molecule has 0 bridgehead atoms. The van der Waals surface area contributed by atoms with E-state index < -0.39 is 6.10 Å². The quantitative estimate of drug-likeness (QED) is 0.832. The minimum absolute atomic E-state index is 0.409. The molecule has 0 spiro atoms. The maximum Gasteiger partial charge on any atom is 0.128 e. The van der Waals surface area contributed by atoms with E-state index in [2.05, 4.69) is 9.88 Å². The predicted molar refractivity (Wildman–Crippen MR) is 65.6 cm³/mol. The van der Waals surface area contributed by atoms with Crippen LogP contribution in [0.2, 0.25) is 0 Å². The Morgan fingerprint density at radius 2 is 1.94 bits per heavy atom. The van der Waals surface area contributed by atoms with Crippen LogP contribution >= 0.6 is 0 Å². The maximum atomic E-state index is 9.56. The standard InChI is InChI=1S/C13H20N2O/c1-11(16)12-6-7-14-13(10-12)15-8-4-2-3-5-9-15/h6-7,10-11,16H,2-5,8-9H2,1H3/t11-/m1/s1. The zero-order valence-corrected chi connectivity index (χ0v) is 9.89. The molecule has 1 fully saturated rings. The van der Waals surface area contributed by atoms with Crippen LogP contribution in [0.15, 0.2) is 18.3 Å². The SMILES string of the molecule is C[C@@H](O)c1ccnc(N2CCCCCC2)c1. The normalized spacial score (nSPS) is 19.2. The molecule has 1 aromatic heterocycles. The smallest absolute Gasteiger partial charge is 0.128 e. The molecule has 2 rings (SSSR count). The second-order valence-electron chi connectivity index (χ2n) is 4.52. The largest absolute Gasteiger partial charge is 0.389 e. The lowest BCUT2D eigenvalue weighted by molar-refractivity contribution is 0.199. The highest BCUT2D eigenvalue weighted by Gasteiger charge is 2.12. The van der Waals surface area contributed by atoms with Gasteiger partial charge in [0.25, 0.3) is 0 Å². The van der Waals surface area contributed by atoms with Crippen molar-refractivity contribution in [2.75, 3.05) is 18.0 Å². The first kappa shape index (κ1) is 11.4. The van der Waals surface area contributed by atoms with E-state index in [4.69, 9.17) is 0 Å². The van der Waals surface area contributed by atoms with Crippen LogP contribution in [0, 0.1) is 0 Å². The van der Waals surface area contributed by atoms with Crippen LogP contribution in [-0.2, 0) is 0 Å². The summed E-state index contributed by atoms with van der Waals surface area (Å²) in [6.45, 7) is 3.98. The lowest BCUT2D eigenvalue weighted by atomic mass is 10.1. The number of rotatable bonds is 2. The van der Waals surface area contributed by atoms with Crippen LogP contribution in [0.1, 0.15) is 44.3 Å². The molecule has 0 radical (unpaired) electrons. The van der Waals surface area contributed by atoms with Crippen molar-refractivity contribution in [3.8, 4) is 0 Å². The summed E-state index contributed by atoms with van der Waals surface area (Å²) < 4.78 is 0. The molecule has 3 heteroatoms. The second kappa shape index (κ2) is 5.30. The molecule has 1 N–H and O–H groups in total. The van der Waals surface area contributed by atoms with E-state index >= 15 is 0 Å². The molecule has 1 saturated heterocycles. The molecule has 0 amide bonds. The lowest BCUT2D eigenvalue weighted by Crippen LogP contribution is -2.24. The van der Waals surface area contributed by atoms with Gasteiger partial charge in [-0.3, -0.25) is 0 Å². The van der Waals surface area contributed by atoms with Crippen LogP contribution in [0.3, 0.4) is 0 Å². The van der Waals surface area contributed by atoms with E-state index in [0.29, 0.717) is 0 Å². The molecule has 88 valence electrons. The Morgan fingerprint density at radius 3 is 2.56 bits per heavy atom. The summed E-state index contributed by atoms with van der Waals surface area (Å²) in [5.74, 6) is 1.01. The summed E-state index contributed by atoms with van der Waals surface area (Å²) in [6, 6.07) is 3.89. The summed E-state index contributed by atoms with van der Waals surface area (Å²) in [4.78, 5) is 6.73. The summed E-state index contributed by atoms with van der Waals surface area (Å²) >= 11 is 0. The average molecular weight is 220 g/mol. The topological polar surface area (TPSA) is 36.4 Å². The summed E-state index contributed by atoms with van der Waals surface area (Å²) in [6.07, 6.45) is 6.54. The Bertz CT molecular complexity index is 330. The number of aliphatic hydroxyl groups excluding tert-OH is 1. The molecule has 1 aliphatic heterocycles. The fraction of sp³-hybridized carbons (Fsp3) is 0.615. The van der Waals surface area contributed by atoms with Crippen molar-refractivity contribution < 1.29 is 5.11 Å². The zero-order valence-electron chi connectivity index (χ0n) is 9.89. The number of aliphatic hydroxyl groups is 1. The van der Waals surface area contributed by atoms with E-state index in [1.807, 2.05) is 12.1 Å². The molecular weight excluding hydrogens is 200 g/mol. The van der Waals surface area contributed by atoms with Crippen LogP contribution in [0.25, 0.3) is 0 Å². The second-order valence-corrected chi connectivity index (χ2v) is 4.52. The number of hydrogen-bond donors (Lipinski definition) is 1. The molecule has 1 aromatic rings. The molecule has 0 saturated carbocycles. The van der Waals surface area contributed by atoms with Gasteiger partial charge in [-0.15, -0.1) is 0 Å². The van der Waals surface area contributed by atoms with Gasteiger partial charge in [-0.25, -0.2) is 4.98 Å². The van der Waals surface area contributed by atoms with E-state index in [1.165, 1.54) is 25.7 Å². The van der Waals surface area contributed by atoms with Crippen molar-refractivity contribution in [1.82, 2.24) is 4.98 Å². The van der Waals surface area contributed by atoms with Crippen molar-refractivity contribution in [3.63, 3.8) is 0 Å². The monoisotopic (exact) mass is 220 g/mol. The summed E-state index contributed by atoms with van der Waals surface area (Å²) in [5, 5.41) is 9.56. The summed E-state index contributed by atoms with van der Waals surface area (Å²) in [5.41, 5.74) is 0.953. The van der Waals surface area contributed by atoms with Gasteiger partial charge in [0.15, 0.2) is 0 Å². The first-order valence-corrected chi connectivity index (χ1v) is 6.16. The fourth-order valence-corrected chi connectivity index (χ4v) is 2.17. The van der Waals surface area contributed by atoms with Gasteiger partial charge in [0.05, 0.1) is 6.10 Å². The van der Waals surface area contributed by atoms with Gasteiger partial charge in [0.1, 0.15) is 5.82 Å². The first-order valence-electron chi connectivity index (χ1n) is 6.16. The van der Waals surface area contributed by atoms with Gasteiger partial charge in [-0.1, -0.05) is 12.8 Å². The molecule has 2 heterocycles. The first-order chi connectivity index (χ1) is 7.77. The molecule has 3 nitrogen and oxygen atoms in total. The van der Waals surface area contributed by atoms with Crippen molar-refractivity contribution >= 4 is 5.82 Å². The molecule has 0 aromatic carbocycles. The Balaban J connectivity index is 2.15. The van der Waals surface area contributed by atoms with Gasteiger partial charge >= 0.3 is 0 Å². The molecular formula is C13H20N2O. The van der Waals surface area contributed by atoms with Crippen LogP contribution in [0.5, 0.6) is 0 Å². The van der Waals surface area contributed by atoms with Gasteiger partial charge in [-0.05, 0) is 37.5 Å². The third-order valence-electron chi connectivity index (χ3n) is 3.18. The third kappa shape index (κ3) is 2.73. The number of nitrogens with zero attached hydrogens (tertiary/aromatic N) is 2. The van der Waals surface area contributed by atoms with Gasteiger partial charge < -0.3 is 10.0 Å². The number of hydrogen-bond acceptors (Lipinski definition) is 3. The summed E-state index contributed by atoms with van der Waals surface area (Å²) in [7, 11) is 0. The number of anilines is 1. The predicted octanol–water partition coefficient (Wildman–Crippen LogP) is 2.52. The maximum absolute atomic E-state index is 9.56. The third-order valence-corrected chi connectivity index (χ3v) is 3.18. The van der Waals surface area contributed by atoms with Crippen LogP contribution in [-0.4, -0.2) is 23.2 Å². The van der Waals surface area contributed by atoms with Gasteiger partial charge in [-0.2, -0.15) is 0 Å². The number of aromatic nitrogens is 1. The minimum atomic E-state index is -0.409. The van der Waals surface area contributed by atoms with Crippen molar-refractivity contribution in [2.24, 2.45) is 0 Å². The molecule has 0 aliphatic carbocycles.